The lowest BCUT2D eigenvalue weighted by Gasteiger charge is -2.29. The number of methoxy groups -OCH3 is 1. The van der Waals surface area contributed by atoms with E-state index in [0.29, 0.717) is 12.8 Å². The Labute approximate surface area is 242 Å². The van der Waals surface area contributed by atoms with Crippen LogP contribution in [0, 0.1) is 11.8 Å². The van der Waals surface area contributed by atoms with E-state index < -0.39 is 48.0 Å². The number of rotatable bonds is 15. The van der Waals surface area contributed by atoms with Gasteiger partial charge in [-0.25, -0.2) is 9.59 Å². The molecule has 0 aromatic heterocycles. The first-order valence-electron chi connectivity index (χ1n) is 14.0. The lowest BCUT2D eigenvalue weighted by atomic mass is 9.95. The van der Waals surface area contributed by atoms with Crippen molar-refractivity contribution in [2.24, 2.45) is 17.6 Å². The molecular formula is C31H44N4O6. The van der Waals surface area contributed by atoms with Gasteiger partial charge in [0, 0.05) is 12.5 Å². The van der Waals surface area contributed by atoms with Gasteiger partial charge in [-0.05, 0) is 29.4 Å². The first-order valence-corrected chi connectivity index (χ1v) is 14.0. The van der Waals surface area contributed by atoms with Crippen LogP contribution >= 0.6 is 0 Å². The summed E-state index contributed by atoms with van der Waals surface area (Å²) < 4.78 is 10.2. The number of benzene rings is 2. The molecule has 0 aliphatic rings. The minimum Gasteiger partial charge on any atom is -0.467 e. The van der Waals surface area contributed by atoms with Gasteiger partial charge in [0.25, 0.3) is 0 Å². The van der Waals surface area contributed by atoms with Crippen molar-refractivity contribution in [3.05, 3.63) is 71.8 Å². The topological polar surface area (TPSA) is 149 Å². The number of alkyl carbamates (subject to hydrolysis) is 1. The first kappa shape index (κ1) is 33.3. The number of esters is 1. The maximum Gasteiger partial charge on any atom is 0.407 e. The molecule has 5 N–H and O–H groups in total. The van der Waals surface area contributed by atoms with E-state index in [-0.39, 0.29) is 24.9 Å². The van der Waals surface area contributed by atoms with Gasteiger partial charge < -0.3 is 31.2 Å². The molecule has 3 amide bonds. The third-order valence-corrected chi connectivity index (χ3v) is 6.98. The van der Waals surface area contributed by atoms with Crippen LogP contribution in [0.15, 0.2) is 60.7 Å². The van der Waals surface area contributed by atoms with Gasteiger partial charge in [0.2, 0.25) is 11.8 Å². The molecular weight excluding hydrogens is 524 g/mol. The molecule has 2 rings (SSSR count). The van der Waals surface area contributed by atoms with Gasteiger partial charge in [-0.1, -0.05) is 94.8 Å². The van der Waals surface area contributed by atoms with Gasteiger partial charge in [-0.2, -0.15) is 0 Å². The van der Waals surface area contributed by atoms with Crippen LogP contribution in [-0.2, 0) is 36.9 Å². The Morgan fingerprint density at radius 2 is 1.41 bits per heavy atom. The van der Waals surface area contributed by atoms with E-state index in [0.717, 1.165) is 11.1 Å². The average Bonchev–Trinajstić information content (AvgIpc) is 2.97. The Kier molecular flexibility index (Phi) is 13.8. The number of hydrogen-bond donors (Lipinski definition) is 4. The molecule has 0 aliphatic heterocycles. The average molecular weight is 569 g/mol. The van der Waals surface area contributed by atoms with Crippen LogP contribution in [0.3, 0.4) is 0 Å². The van der Waals surface area contributed by atoms with Crippen LogP contribution in [0.2, 0.25) is 0 Å². The van der Waals surface area contributed by atoms with Crippen LogP contribution in [-0.4, -0.2) is 55.2 Å². The summed E-state index contributed by atoms with van der Waals surface area (Å²) >= 11 is 0. The van der Waals surface area contributed by atoms with E-state index in [1.54, 1.807) is 13.8 Å². The van der Waals surface area contributed by atoms with Crippen LogP contribution in [0.1, 0.15) is 51.7 Å². The Morgan fingerprint density at radius 1 is 0.829 bits per heavy atom. The van der Waals surface area contributed by atoms with Gasteiger partial charge in [0.1, 0.15) is 18.7 Å². The van der Waals surface area contributed by atoms with Gasteiger partial charge in [-0.3, -0.25) is 9.59 Å². The molecule has 10 nitrogen and oxygen atoms in total. The number of carbonyl (C=O) groups is 4. The van der Waals surface area contributed by atoms with Crippen LogP contribution in [0.25, 0.3) is 0 Å². The van der Waals surface area contributed by atoms with Crippen LogP contribution < -0.4 is 21.7 Å². The van der Waals surface area contributed by atoms with E-state index in [9.17, 15) is 19.2 Å². The molecule has 41 heavy (non-hydrogen) atoms. The van der Waals surface area contributed by atoms with Gasteiger partial charge in [0.05, 0.1) is 13.2 Å². The van der Waals surface area contributed by atoms with Crippen molar-refractivity contribution in [1.29, 1.82) is 0 Å². The van der Waals surface area contributed by atoms with Crippen molar-refractivity contribution >= 4 is 23.9 Å². The number of amides is 3. The quantitative estimate of drug-likeness (QED) is 0.241. The standard InChI is InChI=1S/C31H44N4O6/c1-6-21(4)28(29(37)35-27(20(2)3)30(38)40-5)34-26(36)18-25(24(32)17-22-13-9-7-10-14-22)33-31(39)41-19-23-15-11-8-12-16-23/h7-16,20-21,24-25,27-28H,6,17-19,32H2,1-5H3,(H,33,39)(H,34,36)(H,35,37)/t21-,24-,25-,27?,28-/m0/s1. The zero-order valence-electron chi connectivity index (χ0n) is 24.6. The van der Waals surface area contributed by atoms with Crippen LogP contribution in [0.4, 0.5) is 4.79 Å². The Hall–Kier alpha value is -3.92. The second-order valence-corrected chi connectivity index (χ2v) is 10.6. The number of carbonyl (C=O) groups excluding carboxylic acids is 4. The fourth-order valence-corrected chi connectivity index (χ4v) is 4.26. The van der Waals surface area contributed by atoms with Crippen LogP contribution in [0.5, 0.6) is 0 Å². The number of nitrogens with one attached hydrogen (secondary N) is 3. The Bertz CT molecular complexity index is 1110. The fraction of sp³-hybridized carbons (Fsp3) is 0.484. The van der Waals surface area contributed by atoms with E-state index in [4.69, 9.17) is 15.2 Å². The van der Waals surface area contributed by atoms with E-state index >= 15 is 0 Å². The highest BCUT2D eigenvalue weighted by Crippen LogP contribution is 2.13. The van der Waals surface area contributed by atoms with Gasteiger partial charge in [0.15, 0.2) is 0 Å². The molecule has 0 aliphatic carbocycles. The second-order valence-electron chi connectivity index (χ2n) is 10.6. The van der Waals surface area contributed by atoms with E-state index in [1.165, 1.54) is 7.11 Å². The lowest BCUT2D eigenvalue weighted by Crippen LogP contribution is -2.57. The van der Waals surface area contributed by atoms with E-state index in [1.807, 2.05) is 74.5 Å². The summed E-state index contributed by atoms with van der Waals surface area (Å²) in [6, 6.07) is 15.6. The third kappa shape index (κ3) is 11.2. The predicted molar refractivity (Wildman–Crippen MR) is 156 cm³/mol. The molecule has 0 fully saturated rings. The van der Waals surface area contributed by atoms with Crippen molar-refractivity contribution in [3.63, 3.8) is 0 Å². The summed E-state index contributed by atoms with van der Waals surface area (Å²) in [5.41, 5.74) is 8.26. The molecule has 224 valence electrons. The summed E-state index contributed by atoms with van der Waals surface area (Å²) in [6.07, 6.45) is 0.120. The summed E-state index contributed by atoms with van der Waals surface area (Å²) in [5, 5.41) is 8.26. The number of hydrogen-bond acceptors (Lipinski definition) is 7. The highest BCUT2D eigenvalue weighted by Gasteiger charge is 2.33. The summed E-state index contributed by atoms with van der Waals surface area (Å²) in [5.74, 6) is -1.97. The lowest BCUT2D eigenvalue weighted by molar-refractivity contribution is -0.146. The van der Waals surface area contributed by atoms with E-state index in [2.05, 4.69) is 16.0 Å². The normalized spacial score (nSPS) is 14.6. The molecule has 0 bridgehead atoms. The molecule has 0 spiro atoms. The molecule has 5 atom stereocenters. The highest BCUT2D eigenvalue weighted by molar-refractivity contribution is 5.91. The zero-order chi connectivity index (χ0) is 30.4. The summed E-state index contributed by atoms with van der Waals surface area (Å²) in [4.78, 5) is 51.4. The minimum absolute atomic E-state index is 0.0625. The summed E-state index contributed by atoms with van der Waals surface area (Å²) in [6.45, 7) is 7.39. The first-order chi connectivity index (χ1) is 19.5. The minimum atomic E-state index is -0.908. The Morgan fingerprint density at radius 3 is 1.95 bits per heavy atom. The smallest absolute Gasteiger partial charge is 0.407 e. The molecule has 1 unspecified atom stereocenters. The fourth-order valence-electron chi connectivity index (χ4n) is 4.26. The van der Waals surface area contributed by atoms with Crippen molar-refractivity contribution in [2.45, 2.75) is 77.7 Å². The van der Waals surface area contributed by atoms with Gasteiger partial charge >= 0.3 is 12.1 Å². The van der Waals surface area contributed by atoms with Crippen molar-refractivity contribution in [1.82, 2.24) is 16.0 Å². The van der Waals surface area contributed by atoms with Crippen molar-refractivity contribution in [3.8, 4) is 0 Å². The molecule has 0 saturated heterocycles. The third-order valence-electron chi connectivity index (χ3n) is 6.98. The SMILES string of the molecule is CC[C@H](C)[C@H](NC(=O)C[C@H](NC(=O)OCc1ccccc1)[C@@H](N)Cc1ccccc1)C(=O)NC(C(=O)OC)C(C)C. The molecule has 2 aromatic carbocycles. The van der Waals surface area contributed by atoms with Gasteiger partial charge in [-0.15, -0.1) is 0 Å². The number of ether oxygens (including phenoxy) is 2. The number of nitrogens with two attached hydrogens (primary N) is 1. The van der Waals surface area contributed by atoms with Crippen molar-refractivity contribution in [2.75, 3.05) is 7.11 Å². The maximum absolute atomic E-state index is 13.3. The molecule has 0 saturated carbocycles. The summed E-state index contributed by atoms with van der Waals surface area (Å²) in [7, 11) is 1.26. The molecule has 10 heteroatoms. The second kappa shape index (κ2) is 17.0. The molecule has 0 heterocycles. The zero-order valence-corrected chi connectivity index (χ0v) is 24.6. The largest absolute Gasteiger partial charge is 0.467 e. The van der Waals surface area contributed by atoms with Crippen molar-refractivity contribution < 1.29 is 28.7 Å². The maximum atomic E-state index is 13.3. The highest BCUT2D eigenvalue weighted by atomic mass is 16.5. The predicted octanol–water partition coefficient (Wildman–Crippen LogP) is 3.09. The molecule has 0 radical (unpaired) electrons. The Balaban J connectivity index is 2.15. The molecule has 2 aromatic rings. The monoisotopic (exact) mass is 568 g/mol.